The minimum absolute atomic E-state index is 0.0200. The highest BCUT2D eigenvalue weighted by atomic mass is 35.5. The predicted molar refractivity (Wildman–Crippen MR) is 365 cm³/mol. The number of nitrogens with one attached hydrogen (secondary N) is 4. The first-order valence-electron chi connectivity index (χ1n) is 26.6. The average molecular weight is 1470 g/mol. The van der Waals surface area contributed by atoms with Crippen molar-refractivity contribution in [3.05, 3.63) is 156 Å². The monoisotopic (exact) mass is 1460 g/mol. The van der Waals surface area contributed by atoms with Gasteiger partial charge in [0.05, 0.1) is 89.6 Å². The predicted octanol–water partition coefficient (Wildman–Crippen LogP) is 11.2. The SMILES string of the molecule is Cc1csc(C(=O)CO)c1.NCCN1CCOCC1.O=C(CNCCN1CCOCC1)c1cc(NC(=O)c2sccc2Cl)cs1.O=C(CO)c1cc(NC(=O)c2sccc2Cl)cs1.O=C(CO)c1cc(NC(=O)c2sccc2Cl)cs1.O=C(O)c1sccc1Cl. The zero-order valence-corrected chi connectivity index (χ0v) is 57.2. The fourth-order valence-corrected chi connectivity index (χ4v) is 14.4. The number of aliphatic hydroxyl groups is 3. The lowest BCUT2D eigenvalue weighted by atomic mass is 10.3. The number of Topliss-reactive ketones (excluding diaryl/α,β-unsaturated/α-hetero) is 4. The summed E-state index contributed by atoms with van der Waals surface area (Å²) in [4.78, 5) is 99.8. The van der Waals surface area contributed by atoms with Gasteiger partial charge in [0, 0.05) is 68.5 Å². The third kappa shape index (κ3) is 25.8. The molecule has 2 fully saturated rings. The van der Waals surface area contributed by atoms with Gasteiger partial charge in [-0.2, -0.15) is 0 Å². The first kappa shape index (κ1) is 75.7. The number of halogens is 4. The van der Waals surface area contributed by atoms with Crippen LogP contribution in [0.5, 0.6) is 0 Å². The summed E-state index contributed by atoms with van der Waals surface area (Å²) in [5.74, 6) is -2.75. The van der Waals surface area contributed by atoms with Gasteiger partial charge in [0.1, 0.15) is 39.3 Å². The molecule has 0 aliphatic carbocycles. The molecule has 0 bridgehead atoms. The molecule has 8 aromatic heterocycles. The van der Waals surface area contributed by atoms with E-state index in [0.29, 0.717) is 71.3 Å². The summed E-state index contributed by atoms with van der Waals surface area (Å²) in [5.41, 5.74) is 8.10. The van der Waals surface area contributed by atoms with Gasteiger partial charge in [-0.1, -0.05) is 46.4 Å². The van der Waals surface area contributed by atoms with Crippen LogP contribution in [0.3, 0.4) is 0 Å². The number of hydrogen-bond donors (Lipinski definition) is 9. The van der Waals surface area contributed by atoms with Crippen molar-refractivity contribution in [3.63, 3.8) is 0 Å². The lowest BCUT2D eigenvalue weighted by Crippen LogP contribution is -2.41. The van der Waals surface area contributed by atoms with Crippen LogP contribution in [0, 0.1) is 6.92 Å². The maximum Gasteiger partial charge on any atom is 0.347 e. The second-order valence-electron chi connectivity index (χ2n) is 18.2. The van der Waals surface area contributed by atoms with Crippen LogP contribution in [-0.4, -0.2) is 182 Å². The number of rotatable bonds is 21. The standard InChI is InChI=1S/C17H20ClN3O3S2.2C11H8ClNO3S2.C7H8O2S.C6H14N2O.C5H3ClO2S/c18-13-1-8-25-16(13)17(23)20-12-9-15(26-11-12)14(22)10-19-2-3-21-4-6-24-7-5-21;2*12-7-1-2-17-10(7)11(16)13-6-3-9(18-5-6)8(15)4-14;1-5-2-7(10-4-5)6(9)3-8;7-1-2-8-3-5-9-6-4-8;6-3-1-2-9-4(3)5(7)8/h1,8-9,11,19H,2-7,10H2,(H,20,23);2*1-3,5,14H,4H2,(H,13,16);2,4,8H,3H2,1H3;1-7H2;1-2H,(H,7,8). The maximum absolute atomic E-state index is 12.3. The number of anilines is 3. The molecule has 0 atom stereocenters. The van der Waals surface area contributed by atoms with Crippen LogP contribution in [0.4, 0.5) is 17.1 Å². The van der Waals surface area contributed by atoms with Crippen molar-refractivity contribution < 1.29 is 68.3 Å². The summed E-state index contributed by atoms with van der Waals surface area (Å²) in [6.45, 7) is 11.5. The number of aliphatic hydroxyl groups excluding tert-OH is 3. The minimum Gasteiger partial charge on any atom is -0.477 e. The lowest BCUT2D eigenvalue weighted by Gasteiger charge is -2.26. The molecule has 2 aliphatic heterocycles. The molecule has 90 heavy (non-hydrogen) atoms. The summed E-state index contributed by atoms with van der Waals surface area (Å²) in [6, 6.07) is 13.1. The molecule has 8 aromatic rings. The molecule has 0 aromatic carbocycles. The second-order valence-corrected chi connectivity index (χ2v) is 27.1. The number of ketones is 4. The van der Waals surface area contributed by atoms with Crippen LogP contribution in [0.1, 0.15) is 82.9 Å². The number of carboxylic acid groups (broad SMARTS) is 1. The number of carbonyl (C=O) groups excluding carboxylic acids is 7. The molecule has 0 radical (unpaired) electrons. The van der Waals surface area contributed by atoms with Crippen molar-refractivity contribution >= 4 is 201 Å². The molecule has 0 saturated carbocycles. The number of morpholine rings is 2. The highest BCUT2D eigenvalue weighted by molar-refractivity contribution is 7.15. The minimum atomic E-state index is -0.963. The zero-order chi connectivity index (χ0) is 65.5. The maximum atomic E-state index is 12.3. The average Bonchev–Trinajstić information content (AvgIpc) is 3.09. The van der Waals surface area contributed by atoms with E-state index in [4.69, 9.17) is 82.0 Å². The number of carbonyl (C=O) groups is 8. The van der Waals surface area contributed by atoms with Crippen LogP contribution in [0.25, 0.3) is 0 Å². The largest absolute Gasteiger partial charge is 0.477 e. The molecule has 33 heteroatoms. The molecule has 2 saturated heterocycles. The number of nitrogens with zero attached hydrogens (tertiary/aromatic N) is 2. The van der Waals surface area contributed by atoms with E-state index in [-0.39, 0.29) is 58.9 Å². The Kier molecular flexibility index (Phi) is 34.3. The number of ether oxygens (including phenoxy) is 2. The molecule has 10 heterocycles. The van der Waals surface area contributed by atoms with E-state index in [2.05, 4.69) is 31.1 Å². The van der Waals surface area contributed by atoms with Gasteiger partial charge >= 0.3 is 5.97 Å². The topological polar surface area (TPSA) is 317 Å². The molecule has 484 valence electrons. The zero-order valence-electron chi connectivity index (χ0n) is 47.7. The summed E-state index contributed by atoms with van der Waals surface area (Å²) in [7, 11) is 0. The Morgan fingerprint density at radius 3 is 1.12 bits per heavy atom. The van der Waals surface area contributed by atoms with E-state index in [1.165, 1.54) is 91.5 Å². The number of hydrogen-bond acceptors (Lipinski definition) is 25. The molecule has 21 nitrogen and oxygen atoms in total. The molecule has 2 aliphatic rings. The molecule has 10 N–H and O–H groups in total. The molecule has 0 unspecified atom stereocenters. The van der Waals surface area contributed by atoms with E-state index >= 15 is 0 Å². The fraction of sp³-hybridized carbons (Fsp3) is 0.298. The Morgan fingerprint density at radius 2 is 0.822 bits per heavy atom. The van der Waals surface area contributed by atoms with Gasteiger partial charge in [-0.3, -0.25) is 43.4 Å². The van der Waals surface area contributed by atoms with Gasteiger partial charge in [-0.15, -0.1) is 90.7 Å². The Morgan fingerprint density at radius 1 is 0.489 bits per heavy atom. The summed E-state index contributed by atoms with van der Waals surface area (Å²) in [5, 5.41) is 60.9. The summed E-state index contributed by atoms with van der Waals surface area (Å²) in [6.07, 6.45) is 0. The number of nitrogens with two attached hydrogens (primary N) is 1. The van der Waals surface area contributed by atoms with Crippen molar-refractivity contribution in [3.8, 4) is 0 Å². The van der Waals surface area contributed by atoms with Gasteiger partial charge in [-0.05, 0) is 87.9 Å². The van der Waals surface area contributed by atoms with Gasteiger partial charge in [0.15, 0.2) is 23.1 Å². The van der Waals surface area contributed by atoms with Crippen molar-refractivity contribution in [1.82, 2.24) is 15.1 Å². The van der Waals surface area contributed by atoms with E-state index in [9.17, 15) is 38.4 Å². The normalized spacial score (nSPS) is 12.8. The molecular weight excluding hydrogens is 1410 g/mol. The highest BCUT2D eigenvalue weighted by Gasteiger charge is 2.19. The fourth-order valence-electron chi connectivity index (χ4n) is 7.19. The van der Waals surface area contributed by atoms with E-state index in [0.717, 1.165) is 95.7 Å². The Hall–Kier alpha value is -5.04. The first-order chi connectivity index (χ1) is 43.2. The van der Waals surface area contributed by atoms with Crippen LogP contribution in [0.2, 0.25) is 20.1 Å². The van der Waals surface area contributed by atoms with Crippen LogP contribution in [-0.2, 0) is 9.47 Å². The summed E-state index contributed by atoms with van der Waals surface area (Å²) < 4.78 is 10.5. The number of carboxylic acids is 1. The van der Waals surface area contributed by atoms with Crippen LogP contribution < -0.4 is 27.0 Å². The van der Waals surface area contributed by atoms with Gasteiger partial charge < -0.3 is 56.9 Å². The van der Waals surface area contributed by atoms with Gasteiger partial charge in [0.2, 0.25) is 0 Å². The molecule has 3 amide bonds. The lowest BCUT2D eigenvalue weighted by molar-refractivity contribution is 0.0384. The third-order valence-electron chi connectivity index (χ3n) is 11.7. The van der Waals surface area contributed by atoms with Crippen molar-refractivity contribution in [1.29, 1.82) is 0 Å². The van der Waals surface area contributed by atoms with E-state index in [1.54, 1.807) is 74.1 Å². The number of amides is 3. The van der Waals surface area contributed by atoms with Crippen molar-refractivity contribution in [2.45, 2.75) is 6.92 Å². The van der Waals surface area contributed by atoms with E-state index in [1.807, 2.05) is 12.3 Å². The Bertz CT molecular complexity index is 3470. The quantitative estimate of drug-likeness (QED) is 0.0238. The highest BCUT2D eigenvalue weighted by Crippen LogP contribution is 2.29. The van der Waals surface area contributed by atoms with Crippen LogP contribution >= 0.6 is 137 Å². The van der Waals surface area contributed by atoms with Gasteiger partial charge in [-0.25, -0.2) is 4.79 Å². The van der Waals surface area contributed by atoms with Crippen molar-refractivity contribution in [2.75, 3.05) is 121 Å². The Labute approximate surface area is 569 Å². The van der Waals surface area contributed by atoms with Crippen LogP contribution in [0.15, 0.2) is 91.6 Å². The third-order valence-corrected chi connectivity index (χ3v) is 21.0. The van der Waals surface area contributed by atoms with Crippen molar-refractivity contribution in [2.24, 2.45) is 5.73 Å². The first-order valence-corrected chi connectivity index (χ1v) is 35.2. The molecule has 0 spiro atoms. The number of thiophene rings is 8. The molecular formula is C57H61Cl4N7O14S8. The van der Waals surface area contributed by atoms with Gasteiger partial charge in [0.25, 0.3) is 17.7 Å². The smallest absolute Gasteiger partial charge is 0.347 e. The number of aryl methyl sites for hydroxylation is 1. The number of aromatic carboxylic acids is 1. The Balaban J connectivity index is 0.000000206. The second kappa shape index (κ2) is 40.8. The van der Waals surface area contributed by atoms with E-state index < -0.39 is 19.2 Å². The molecule has 10 rings (SSSR count). The summed E-state index contributed by atoms with van der Waals surface area (Å²) >= 11 is 33.1.